The fourth-order valence-electron chi connectivity index (χ4n) is 2.64. The van der Waals surface area contributed by atoms with Crippen LogP contribution in [0.5, 0.6) is 0 Å². The molecule has 2 aromatic heterocycles. The summed E-state index contributed by atoms with van der Waals surface area (Å²) in [5, 5.41) is 11.9. The van der Waals surface area contributed by atoms with Crippen molar-refractivity contribution in [3.05, 3.63) is 23.0 Å². The monoisotopic (exact) mass is 293 g/mol. The van der Waals surface area contributed by atoms with Gasteiger partial charge in [0.2, 0.25) is 0 Å². The van der Waals surface area contributed by atoms with Gasteiger partial charge in [0.25, 0.3) is 0 Å². The highest BCUT2D eigenvalue weighted by molar-refractivity contribution is 6.29. The van der Waals surface area contributed by atoms with E-state index in [1.165, 1.54) is 0 Å². The number of aromatic nitrogens is 3. The van der Waals surface area contributed by atoms with E-state index in [1.54, 1.807) is 0 Å². The van der Waals surface area contributed by atoms with Gasteiger partial charge >= 0.3 is 0 Å². The molecule has 0 amide bonds. The van der Waals surface area contributed by atoms with Crippen LogP contribution in [0.1, 0.15) is 38.2 Å². The Kier molecular flexibility index (Phi) is 3.81. The molecular weight excluding hydrogens is 274 g/mol. The summed E-state index contributed by atoms with van der Waals surface area (Å²) >= 11 is 6.17. The summed E-state index contributed by atoms with van der Waals surface area (Å²) < 4.78 is 1.86. The van der Waals surface area contributed by atoms with E-state index in [2.05, 4.69) is 34.6 Å². The molecule has 3 rings (SSSR count). The molecule has 0 bridgehead atoms. The fourth-order valence-corrected chi connectivity index (χ4v) is 2.82. The zero-order valence-electron chi connectivity index (χ0n) is 11.9. The van der Waals surface area contributed by atoms with Gasteiger partial charge in [0.05, 0.1) is 6.20 Å². The zero-order chi connectivity index (χ0) is 14.1. The molecule has 0 atom stereocenters. The quantitative estimate of drug-likeness (QED) is 0.854. The highest BCUT2D eigenvalue weighted by Crippen LogP contribution is 2.24. The molecule has 0 spiro atoms. The topological polar surface area (TPSA) is 54.2 Å². The van der Waals surface area contributed by atoms with Crippen molar-refractivity contribution in [2.75, 3.05) is 18.4 Å². The van der Waals surface area contributed by atoms with Gasteiger partial charge in [0.1, 0.15) is 11.0 Å². The van der Waals surface area contributed by atoms with Crippen molar-refractivity contribution in [1.29, 1.82) is 0 Å². The third kappa shape index (κ3) is 2.60. The molecule has 1 aliphatic heterocycles. The summed E-state index contributed by atoms with van der Waals surface area (Å²) in [6.07, 6.45) is 4.11. The van der Waals surface area contributed by atoms with Gasteiger partial charge in [-0.1, -0.05) is 25.4 Å². The largest absolute Gasteiger partial charge is 0.367 e. The van der Waals surface area contributed by atoms with Gasteiger partial charge in [-0.3, -0.25) is 0 Å². The summed E-state index contributed by atoms with van der Waals surface area (Å²) in [5.41, 5.74) is 1.98. The predicted octanol–water partition coefficient (Wildman–Crippen LogP) is 2.67. The van der Waals surface area contributed by atoms with E-state index >= 15 is 0 Å². The minimum absolute atomic E-state index is 0.380. The van der Waals surface area contributed by atoms with Crippen LogP contribution in [0, 0.1) is 0 Å². The van der Waals surface area contributed by atoms with Gasteiger partial charge in [-0.2, -0.15) is 9.61 Å². The summed E-state index contributed by atoms with van der Waals surface area (Å²) in [4.78, 5) is 4.42. The molecule has 2 aromatic rings. The number of hydrogen-bond donors (Lipinski definition) is 2. The number of halogens is 1. The summed E-state index contributed by atoms with van der Waals surface area (Å²) in [6, 6.07) is 2.32. The van der Waals surface area contributed by atoms with Crippen LogP contribution in [0.2, 0.25) is 5.15 Å². The van der Waals surface area contributed by atoms with Crippen molar-refractivity contribution < 1.29 is 0 Å². The first-order valence-corrected chi connectivity index (χ1v) is 7.54. The summed E-state index contributed by atoms with van der Waals surface area (Å²) in [6.45, 7) is 6.38. The molecule has 108 valence electrons. The molecule has 6 heteroatoms. The van der Waals surface area contributed by atoms with E-state index in [0.29, 0.717) is 17.1 Å². The smallest absolute Gasteiger partial charge is 0.162 e. The Morgan fingerprint density at radius 3 is 2.85 bits per heavy atom. The van der Waals surface area contributed by atoms with Gasteiger partial charge in [0.15, 0.2) is 5.65 Å². The number of hydrogen-bond acceptors (Lipinski definition) is 4. The molecule has 0 saturated carbocycles. The minimum Gasteiger partial charge on any atom is -0.367 e. The highest BCUT2D eigenvalue weighted by atomic mass is 35.5. The van der Waals surface area contributed by atoms with Gasteiger partial charge in [-0.15, -0.1) is 0 Å². The van der Waals surface area contributed by atoms with Crippen molar-refractivity contribution >= 4 is 23.1 Å². The summed E-state index contributed by atoms with van der Waals surface area (Å²) in [7, 11) is 0. The van der Waals surface area contributed by atoms with Crippen molar-refractivity contribution in [3.8, 4) is 0 Å². The normalized spacial score (nSPS) is 17.0. The van der Waals surface area contributed by atoms with Crippen molar-refractivity contribution in [2.45, 2.75) is 38.6 Å². The lowest BCUT2D eigenvalue weighted by molar-refractivity contribution is 0.477. The molecule has 0 aliphatic carbocycles. The molecule has 1 aliphatic rings. The van der Waals surface area contributed by atoms with E-state index in [-0.39, 0.29) is 0 Å². The fraction of sp³-hybridized carbons (Fsp3) is 0.571. The Hall–Kier alpha value is -1.33. The lowest BCUT2D eigenvalue weighted by Crippen LogP contribution is -2.35. The second-order valence-corrected chi connectivity index (χ2v) is 6.01. The van der Waals surface area contributed by atoms with Crippen LogP contribution in [0.15, 0.2) is 12.3 Å². The van der Waals surface area contributed by atoms with E-state index < -0.39 is 0 Å². The number of rotatable bonds is 3. The molecule has 2 N–H and O–H groups in total. The molecule has 20 heavy (non-hydrogen) atoms. The van der Waals surface area contributed by atoms with Crippen LogP contribution in [-0.4, -0.2) is 33.7 Å². The van der Waals surface area contributed by atoms with E-state index in [1.807, 2.05) is 16.8 Å². The molecule has 0 radical (unpaired) electrons. The van der Waals surface area contributed by atoms with Gasteiger partial charge in [0, 0.05) is 17.7 Å². The average Bonchev–Trinajstić information content (AvgIpc) is 2.83. The molecule has 5 nitrogen and oxygen atoms in total. The van der Waals surface area contributed by atoms with Gasteiger partial charge in [-0.05, 0) is 31.8 Å². The first kappa shape index (κ1) is 13.6. The molecule has 1 fully saturated rings. The second-order valence-electron chi connectivity index (χ2n) is 5.62. The number of fused-ring (bicyclic) bond motifs is 1. The second kappa shape index (κ2) is 5.58. The van der Waals surface area contributed by atoms with Crippen molar-refractivity contribution in [3.63, 3.8) is 0 Å². The molecule has 1 saturated heterocycles. The number of piperidine rings is 1. The molecule has 0 unspecified atom stereocenters. The zero-order valence-corrected chi connectivity index (χ0v) is 12.6. The lowest BCUT2D eigenvalue weighted by Gasteiger charge is -2.24. The van der Waals surface area contributed by atoms with Crippen LogP contribution in [0.4, 0.5) is 5.82 Å². The van der Waals surface area contributed by atoms with Crippen LogP contribution in [0.3, 0.4) is 0 Å². The van der Waals surface area contributed by atoms with Crippen LogP contribution < -0.4 is 10.6 Å². The van der Waals surface area contributed by atoms with Gasteiger partial charge in [-0.25, -0.2) is 4.98 Å². The van der Waals surface area contributed by atoms with Crippen LogP contribution in [-0.2, 0) is 0 Å². The Balaban J connectivity index is 1.97. The lowest BCUT2D eigenvalue weighted by atomic mass is 10.1. The third-order valence-electron chi connectivity index (χ3n) is 3.78. The van der Waals surface area contributed by atoms with Crippen LogP contribution >= 0.6 is 11.6 Å². The number of nitrogens with one attached hydrogen (secondary N) is 2. The maximum Gasteiger partial charge on any atom is 0.162 e. The van der Waals surface area contributed by atoms with E-state index in [0.717, 1.165) is 43.0 Å². The maximum absolute atomic E-state index is 6.17. The first-order chi connectivity index (χ1) is 9.65. The Morgan fingerprint density at radius 1 is 1.40 bits per heavy atom. The Morgan fingerprint density at radius 2 is 2.15 bits per heavy atom. The molecule has 0 aromatic carbocycles. The van der Waals surface area contributed by atoms with Crippen molar-refractivity contribution in [1.82, 2.24) is 19.9 Å². The molecule has 3 heterocycles. The maximum atomic E-state index is 6.17. The van der Waals surface area contributed by atoms with Crippen molar-refractivity contribution in [2.24, 2.45) is 0 Å². The Bertz CT molecular complexity index is 601. The first-order valence-electron chi connectivity index (χ1n) is 7.16. The van der Waals surface area contributed by atoms with Gasteiger partial charge < -0.3 is 10.6 Å². The molecular formula is C14H20ClN5. The Labute approximate surface area is 123 Å². The minimum atomic E-state index is 0.380. The standard InChI is InChI=1S/C14H20ClN5/c1-9(2)11-8-17-20-13(7-12(15)19-14(11)20)18-10-3-5-16-6-4-10/h7-10,16,18H,3-6H2,1-2H3. The van der Waals surface area contributed by atoms with E-state index in [4.69, 9.17) is 11.6 Å². The summed E-state index contributed by atoms with van der Waals surface area (Å²) in [5.74, 6) is 1.31. The average molecular weight is 294 g/mol. The van der Waals surface area contributed by atoms with Crippen LogP contribution in [0.25, 0.3) is 5.65 Å². The SMILES string of the molecule is CC(C)c1cnn2c(NC3CCNCC3)cc(Cl)nc12. The number of anilines is 1. The highest BCUT2D eigenvalue weighted by Gasteiger charge is 2.17. The van der Waals surface area contributed by atoms with E-state index in [9.17, 15) is 0 Å². The predicted molar refractivity (Wildman–Crippen MR) is 81.6 cm³/mol. The number of nitrogens with zero attached hydrogens (tertiary/aromatic N) is 3. The third-order valence-corrected chi connectivity index (χ3v) is 3.97.